The minimum atomic E-state index is -0.558. The molecule has 0 aromatic rings. The Kier molecular flexibility index (Phi) is 13.3. The van der Waals surface area contributed by atoms with Crippen LogP contribution in [0.1, 0.15) is 92.4 Å². The number of Topliss-reactive ketones (excluding diaryl/α,β-unsaturated/α-hetero) is 1. The second-order valence-electron chi connectivity index (χ2n) is 13.1. The highest BCUT2D eigenvalue weighted by Gasteiger charge is 2.72. The molecular formula is C32H55N3O8. The maximum Gasteiger partial charge on any atom is 0.407 e. The summed E-state index contributed by atoms with van der Waals surface area (Å²) in [6.07, 6.45) is 7.75. The van der Waals surface area contributed by atoms with Crippen LogP contribution in [0.2, 0.25) is 0 Å². The average molecular weight is 610 g/mol. The lowest BCUT2D eigenvalue weighted by molar-refractivity contribution is -0.118. The predicted octanol–water partition coefficient (Wildman–Crippen LogP) is 4.41. The van der Waals surface area contributed by atoms with Gasteiger partial charge in [0.15, 0.2) is 0 Å². The van der Waals surface area contributed by atoms with Crippen LogP contribution in [0.25, 0.3) is 0 Å². The van der Waals surface area contributed by atoms with Crippen LogP contribution in [-0.2, 0) is 28.5 Å². The lowest BCUT2D eigenvalue weighted by Crippen LogP contribution is -2.56. The number of methoxy groups -OCH3 is 1. The van der Waals surface area contributed by atoms with E-state index in [2.05, 4.69) is 37.5 Å². The first kappa shape index (κ1) is 35.3. The van der Waals surface area contributed by atoms with E-state index in [1.165, 1.54) is 5.57 Å². The number of carbonyl (C=O) groups excluding carboxylic acids is 3. The van der Waals surface area contributed by atoms with Crippen LogP contribution in [0, 0.1) is 11.8 Å². The van der Waals surface area contributed by atoms with Crippen molar-refractivity contribution in [1.82, 2.24) is 10.6 Å². The molecule has 11 nitrogen and oxygen atoms in total. The van der Waals surface area contributed by atoms with Gasteiger partial charge in [0, 0.05) is 20.1 Å². The largest absolute Gasteiger partial charge is 0.447 e. The van der Waals surface area contributed by atoms with E-state index in [0.29, 0.717) is 26.0 Å². The van der Waals surface area contributed by atoms with Crippen molar-refractivity contribution in [2.45, 2.75) is 128 Å². The molecule has 7 atom stereocenters. The fourth-order valence-electron chi connectivity index (χ4n) is 6.28. The Labute approximate surface area is 257 Å². The lowest BCUT2D eigenvalue weighted by Gasteiger charge is -2.42. The molecule has 11 heteroatoms. The molecule has 1 spiro atoms. The topological polar surface area (TPSA) is 154 Å². The van der Waals surface area contributed by atoms with Gasteiger partial charge in [-0.05, 0) is 58.8 Å². The van der Waals surface area contributed by atoms with Crippen molar-refractivity contribution in [2.75, 3.05) is 33.4 Å². The van der Waals surface area contributed by atoms with Gasteiger partial charge in [-0.2, -0.15) is 0 Å². The summed E-state index contributed by atoms with van der Waals surface area (Å²) in [5.74, 6) is 0.0549. The van der Waals surface area contributed by atoms with E-state index in [4.69, 9.17) is 29.4 Å². The molecule has 1 aliphatic carbocycles. The molecule has 0 bridgehead atoms. The summed E-state index contributed by atoms with van der Waals surface area (Å²) in [6.45, 7) is 11.5. The first-order chi connectivity index (χ1) is 20.5. The van der Waals surface area contributed by atoms with Crippen molar-refractivity contribution < 1.29 is 38.1 Å². The molecule has 4 N–H and O–H groups in total. The minimum absolute atomic E-state index is 0.0153. The number of carbonyl (C=O) groups is 3. The molecule has 3 aliphatic rings. The number of nitrogens with one attached hydrogen (secondary N) is 2. The molecule has 0 aromatic heterocycles. The molecule has 3 rings (SSSR count). The number of epoxide rings is 2. The Morgan fingerprint density at radius 2 is 1.79 bits per heavy atom. The second kappa shape index (κ2) is 16.2. The van der Waals surface area contributed by atoms with Crippen LogP contribution in [-0.4, -0.2) is 86.9 Å². The van der Waals surface area contributed by atoms with E-state index < -0.39 is 29.9 Å². The van der Waals surface area contributed by atoms with Crippen molar-refractivity contribution in [3.63, 3.8) is 0 Å². The minimum Gasteiger partial charge on any atom is -0.447 e. The van der Waals surface area contributed by atoms with Crippen LogP contribution in [0.5, 0.6) is 0 Å². The maximum atomic E-state index is 13.1. The summed E-state index contributed by atoms with van der Waals surface area (Å²) in [5, 5.41) is 5.66. The Bertz CT molecular complexity index is 964. The molecule has 2 saturated heterocycles. The lowest BCUT2D eigenvalue weighted by atomic mass is 9.68. The zero-order valence-corrected chi connectivity index (χ0v) is 27.1. The number of ketones is 1. The van der Waals surface area contributed by atoms with Crippen LogP contribution in [0.4, 0.5) is 9.59 Å². The van der Waals surface area contributed by atoms with E-state index in [9.17, 15) is 14.4 Å². The molecule has 246 valence electrons. The van der Waals surface area contributed by atoms with Gasteiger partial charge in [0.25, 0.3) is 0 Å². The molecule has 2 heterocycles. The third kappa shape index (κ3) is 10.2. The number of rotatable bonds is 18. The van der Waals surface area contributed by atoms with Gasteiger partial charge >= 0.3 is 12.2 Å². The first-order valence-electron chi connectivity index (χ1n) is 16.0. The Hall–Kier alpha value is -2.21. The molecule has 2 amide bonds. The molecule has 3 fully saturated rings. The van der Waals surface area contributed by atoms with Crippen molar-refractivity contribution >= 4 is 18.0 Å². The third-order valence-corrected chi connectivity index (χ3v) is 9.13. The molecule has 43 heavy (non-hydrogen) atoms. The van der Waals surface area contributed by atoms with E-state index in [-0.39, 0.29) is 48.6 Å². The van der Waals surface area contributed by atoms with Crippen LogP contribution in [0.15, 0.2) is 11.6 Å². The van der Waals surface area contributed by atoms with Crippen molar-refractivity contribution in [2.24, 2.45) is 17.6 Å². The summed E-state index contributed by atoms with van der Waals surface area (Å²) in [6, 6.07) is -0.411. The SMILES string of the molecule is COC1C(OC(=O)N[C@@H](COC(=O)NCCCCCCCC(=O)CN)C(C)C)CC[C@]2(CO2)C1[C@@]1(C)O[C@@H]1CC=C(C)C. The highest BCUT2D eigenvalue weighted by Crippen LogP contribution is 2.59. The Morgan fingerprint density at radius 3 is 2.42 bits per heavy atom. The zero-order valence-electron chi connectivity index (χ0n) is 27.1. The summed E-state index contributed by atoms with van der Waals surface area (Å²) in [4.78, 5) is 36.5. The smallest absolute Gasteiger partial charge is 0.407 e. The number of allylic oxidation sites excluding steroid dienone is 1. The van der Waals surface area contributed by atoms with Gasteiger partial charge in [0.2, 0.25) is 0 Å². The maximum absolute atomic E-state index is 13.1. The van der Waals surface area contributed by atoms with E-state index in [1.54, 1.807) is 7.11 Å². The Morgan fingerprint density at radius 1 is 1.09 bits per heavy atom. The first-order valence-corrected chi connectivity index (χ1v) is 16.0. The summed E-state index contributed by atoms with van der Waals surface area (Å²) < 4.78 is 29.6. The molecule has 0 aromatic carbocycles. The standard InChI is InChI=1S/C32H55N3O8/c1-21(2)13-14-26-31(5,43-26)28-27(39-6)25(15-16-32(28)20-41-32)42-30(38)35-24(22(3)4)19-40-29(37)34-17-11-9-7-8-10-12-23(36)18-33/h13,22,24-28H,7-12,14-20,33H2,1-6H3,(H,34,37)(H,35,38)/t24-,25?,26+,27?,28?,31-,32-/m0/s1. The van der Waals surface area contributed by atoms with Gasteiger partial charge in [-0.3, -0.25) is 4.79 Å². The number of hydrogen-bond acceptors (Lipinski definition) is 9. The molecule has 0 radical (unpaired) electrons. The summed E-state index contributed by atoms with van der Waals surface area (Å²) >= 11 is 0. The van der Waals surface area contributed by atoms with Gasteiger partial charge in [-0.1, -0.05) is 44.8 Å². The predicted molar refractivity (Wildman–Crippen MR) is 163 cm³/mol. The van der Waals surface area contributed by atoms with Gasteiger partial charge in [0.05, 0.1) is 31.2 Å². The van der Waals surface area contributed by atoms with E-state index >= 15 is 0 Å². The van der Waals surface area contributed by atoms with Gasteiger partial charge in [0.1, 0.15) is 35.8 Å². The number of alkyl carbamates (subject to hydrolysis) is 2. The number of amides is 2. The average Bonchev–Trinajstić information content (AvgIpc) is 3.88. The monoisotopic (exact) mass is 609 g/mol. The molecule has 3 unspecified atom stereocenters. The van der Waals surface area contributed by atoms with Crippen molar-refractivity contribution in [3.05, 3.63) is 11.6 Å². The highest BCUT2D eigenvalue weighted by molar-refractivity contribution is 5.80. The van der Waals surface area contributed by atoms with Gasteiger partial charge in [-0.25, -0.2) is 9.59 Å². The molecule has 2 aliphatic heterocycles. The number of hydrogen-bond donors (Lipinski definition) is 3. The van der Waals surface area contributed by atoms with Gasteiger partial charge < -0.3 is 40.1 Å². The number of ether oxygens (including phenoxy) is 5. The number of nitrogens with two attached hydrogens (primary N) is 1. The quantitative estimate of drug-likeness (QED) is 0.116. The summed E-state index contributed by atoms with van der Waals surface area (Å²) in [5.41, 5.74) is 5.87. The molecular weight excluding hydrogens is 554 g/mol. The molecule has 1 saturated carbocycles. The number of unbranched alkanes of at least 4 members (excludes halogenated alkanes) is 4. The fraction of sp³-hybridized carbons (Fsp3) is 0.844. The van der Waals surface area contributed by atoms with E-state index in [1.807, 2.05) is 13.8 Å². The van der Waals surface area contributed by atoms with Crippen LogP contribution < -0.4 is 16.4 Å². The fourth-order valence-corrected chi connectivity index (χ4v) is 6.28. The Balaban J connectivity index is 1.42. The van der Waals surface area contributed by atoms with E-state index in [0.717, 1.165) is 44.9 Å². The van der Waals surface area contributed by atoms with Gasteiger partial charge in [-0.15, -0.1) is 0 Å². The zero-order chi connectivity index (χ0) is 31.6. The van der Waals surface area contributed by atoms with Crippen LogP contribution >= 0.6 is 0 Å². The third-order valence-electron chi connectivity index (χ3n) is 9.13. The van der Waals surface area contributed by atoms with Crippen molar-refractivity contribution in [3.8, 4) is 0 Å². The highest BCUT2D eigenvalue weighted by atomic mass is 16.6. The van der Waals surface area contributed by atoms with Crippen LogP contribution in [0.3, 0.4) is 0 Å². The normalized spacial score (nSPS) is 30.0. The van der Waals surface area contributed by atoms with Crippen molar-refractivity contribution in [1.29, 1.82) is 0 Å². The summed E-state index contributed by atoms with van der Waals surface area (Å²) in [7, 11) is 1.65. The second-order valence-corrected chi connectivity index (χ2v) is 13.1.